The molecule has 0 saturated heterocycles. The van der Waals surface area contributed by atoms with Crippen LogP contribution >= 0.6 is 0 Å². The number of benzene rings is 3. The molecule has 3 heterocycles. The SMILES string of the molecule is Cc1c[c-]c(-c2cc3ccccc3cn2)c2oc3c(c12)CCCC3.[Ir].[c-]1ccccc1-c1ccccn1. The van der Waals surface area contributed by atoms with Gasteiger partial charge < -0.3 is 14.4 Å². The van der Waals surface area contributed by atoms with Gasteiger partial charge in [0.15, 0.2) is 0 Å². The Morgan fingerprint density at radius 3 is 2.43 bits per heavy atom. The van der Waals surface area contributed by atoms with E-state index >= 15 is 0 Å². The summed E-state index contributed by atoms with van der Waals surface area (Å²) in [4.78, 5) is 8.89. The number of fused-ring (bicyclic) bond motifs is 4. The van der Waals surface area contributed by atoms with Gasteiger partial charge in [0.2, 0.25) is 0 Å². The monoisotopic (exact) mass is 659 g/mol. The van der Waals surface area contributed by atoms with Crippen LogP contribution in [0.5, 0.6) is 0 Å². The molecule has 37 heavy (non-hydrogen) atoms. The molecule has 0 aliphatic heterocycles. The van der Waals surface area contributed by atoms with Crippen molar-refractivity contribution in [2.24, 2.45) is 0 Å². The van der Waals surface area contributed by atoms with E-state index in [2.05, 4.69) is 59.4 Å². The Morgan fingerprint density at radius 1 is 0.811 bits per heavy atom. The molecule has 0 amide bonds. The zero-order chi connectivity index (χ0) is 24.3. The van der Waals surface area contributed by atoms with Crippen LogP contribution in [0.3, 0.4) is 0 Å². The molecule has 3 aromatic carbocycles. The maximum absolute atomic E-state index is 6.30. The number of furan rings is 1. The van der Waals surface area contributed by atoms with Crippen molar-refractivity contribution in [1.82, 2.24) is 9.97 Å². The maximum atomic E-state index is 6.30. The standard InChI is InChI=1S/C22H18NO.C11H8N.Ir/c1-14-10-11-17(19-12-15-6-2-3-7-16(15)13-23-19)22-21(14)18-8-4-5-9-20(18)24-22;1-2-6-10(7-3-1)11-8-4-5-9-12-11;/h2-3,6-7,10,12-13H,4-5,8-9H2,1H3;1-6,8-9H;/q2*-1;. The van der Waals surface area contributed by atoms with Gasteiger partial charge in [0.25, 0.3) is 0 Å². The van der Waals surface area contributed by atoms with Gasteiger partial charge in [-0.3, -0.25) is 0 Å². The van der Waals surface area contributed by atoms with Crippen LogP contribution in [-0.4, -0.2) is 9.97 Å². The van der Waals surface area contributed by atoms with Crippen LogP contribution in [0.4, 0.5) is 0 Å². The summed E-state index contributed by atoms with van der Waals surface area (Å²) >= 11 is 0. The minimum absolute atomic E-state index is 0. The smallest absolute Gasteiger partial charge is 0.0930 e. The van der Waals surface area contributed by atoms with Crippen molar-refractivity contribution in [3.8, 4) is 22.5 Å². The first kappa shape index (κ1) is 25.1. The summed E-state index contributed by atoms with van der Waals surface area (Å²) in [6, 6.07) is 32.8. The molecule has 0 spiro atoms. The minimum Gasteiger partial charge on any atom is -0.505 e. The molecule has 1 aliphatic carbocycles. The molecule has 1 aliphatic rings. The third-order valence-corrected chi connectivity index (χ3v) is 6.76. The molecular formula is C33H26IrN2O-2. The predicted octanol–water partition coefficient (Wildman–Crippen LogP) is 8.18. The molecular weight excluding hydrogens is 633 g/mol. The summed E-state index contributed by atoms with van der Waals surface area (Å²) in [5, 5.41) is 3.64. The van der Waals surface area contributed by atoms with Crippen molar-refractivity contribution in [1.29, 1.82) is 0 Å². The van der Waals surface area contributed by atoms with Crippen molar-refractivity contribution in [3.63, 3.8) is 0 Å². The van der Waals surface area contributed by atoms with Gasteiger partial charge in [-0.1, -0.05) is 60.3 Å². The van der Waals surface area contributed by atoms with Gasteiger partial charge in [-0.25, -0.2) is 0 Å². The summed E-state index contributed by atoms with van der Waals surface area (Å²) in [7, 11) is 0. The van der Waals surface area contributed by atoms with Gasteiger partial charge in [0, 0.05) is 38.9 Å². The molecule has 4 heteroatoms. The fourth-order valence-corrected chi connectivity index (χ4v) is 4.96. The second-order valence-corrected chi connectivity index (χ2v) is 9.17. The van der Waals surface area contributed by atoms with Crippen molar-refractivity contribution in [2.75, 3.05) is 0 Å². The molecule has 1 radical (unpaired) electrons. The molecule has 0 atom stereocenters. The van der Waals surface area contributed by atoms with E-state index in [-0.39, 0.29) is 20.1 Å². The largest absolute Gasteiger partial charge is 0.505 e. The summed E-state index contributed by atoms with van der Waals surface area (Å²) in [6.07, 6.45) is 8.37. The van der Waals surface area contributed by atoms with E-state index in [1.807, 2.05) is 54.7 Å². The van der Waals surface area contributed by atoms with E-state index in [0.29, 0.717) is 0 Å². The summed E-state index contributed by atoms with van der Waals surface area (Å²) in [5.41, 5.74) is 7.55. The van der Waals surface area contributed by atoms with Crippen LogP contribution in [0.1, 0.15) is 29.7 Å². The molecule has 7 rings (SSSR count). The van der Waals surface area contributed by atoms with Crippen LogP contribution in [-0.2, 0) is 32.9 Å². The molecule has 0 fully saturated rings. The number of aryl methyl sites for hydroxylation is 3. The molecule has 0 bridgehead atoms. The van der Waals surface area contributed by atoms with E-state index in [0.717, 1.165) is 46.3 Å². The Labute approximate surface area is 231 Å². The first-order chi connectivity index (χ1) is 17.8. The third-order valence-electron chi connectivity index (χ3n) is 6.76. The van der Waals surface area contributed by atoms with Gasteiger partial charge in [-0.2, -0.15) is 0 Å². The quantitative estimate of drug-likeness (QED) is 0.176. The van der Waals surface area contributed by atoms with Crippen molar-refractivity contribution >= 4 is 21.7 Å². The average molecular weight is 659 g/mol. The van der Waals surface area contributed by atoms with Crippen LogP contribution in [0.25, 0.3) is 44.3 Å². The van der Waals surface area contributed by atoms with Crippen molar-refractivity contribution in [3.05, 3.63) is 120 Å². The van der Waals surface area contributed by atoms with Crippen molar-refractivity contribution in [2.45, 2.75) is 32.6 Å². The number of aromatic nitrogens is 2. The molecule has 6 aromatic rings. The molecule has 0 saturated carbocycles. The summed E-state index contributed by atoms with van der Waals surface area (Å²) in [5.74, 6) is 1.17. The zero-order valence-electron chi connectivity index (χ0n) is 20.6. The Hall–Kier alpha value is -3.59. The van der Waals surface area contributed by atoms with Gasteiger partial charge in [-0.15, -0.1) is 53.6 Å². The first-order valence-electron chi connectivity index (χ1n) is 12.5. The topological polar surface area (TPSA) is 38.9 Å². The second-order valence-electron chi connectivity index (χ2n) is 9.17. The van der Waals surface area contributed by atoms with Crippen LogP contribution in [0.15, 0.2) is 95.7 Å². The van der Waals surface area contributed by atoms with E-state index in [4.69, 9.17) is 4.42 Å². The van der Waals surface area contributed by atoms with E-state index in [1.165, 1.54) is 40.5 Å². The Morgan fingerprint density at radius 2 is 1.62 bits per heavy atom. The Bertz CT molecular complexity index is 1600. The number of rotatable bonds is 2. The van der Waals surface area contributed by atoms with Crippen LogP contribution in [0.2, 0.25) is 0 Å². The number of pyridine rings is 2. The van der Waals surface area contributed by atoms with Crippen molar-refractivity contribution < 1.29 is 24.5 Å². The minimum atomic E-state index is 0. The molecule has 0 unspecified atom stereocenters. The van der Waals surface area contributed by atoms with Crippen LogP contribution < -0.4 is 0 Å². The maximum Gasteiger partial charge on any atom is 0.0930 e. The fourth-order valence-electron chi connectivity index (χ4n) is 4.96. The molecule has 0 N–H and O–H groups in total. The summed E-state index contributed by atoms with van der Waals surface area (Å²) < 4.78 is 6.30. The van der Waals surface area contributed by atoms with Crippen LogP contribution in [0, 0.1) is 19.1 Å². The predicted molar refractivity (Wildman–Crippen MR) is 146 cm³/mol. The Kier molecular flexibility index (Phi) is 7.60. The number of hydrogen-bond acceptors (Lipinski definition) is 3. The van der Waals surface area contributed by atoms with Gasteiger partial charge in [0.1, 0.15) is 0 Å². The summed E-state index contributed by atoms with van der Waals surface area (Å²) in [6.45, 7) is 2.15. The molecule has 3 nitrogen and oxygen atoms in total. The molecule has 185 valence electrons. The van der Waals surface area contributed by atoms with E-state index in [1.54, 1.807) is 6.20 Å². The zero-order valence-corrected chi connectivity index (χ0v) is 23.0. The van der Waals surface area contributed by atoms with Gasteiger partial charge in [0.05, 0.1) is 11.3 Å². The first-order valence-corrected chi connectivity index (χ1v) is 12.5. The van der Waals surface area contributed by atoms with E-state index in [9.17, 15) is 0 Å². The number of hydrogen-bond donors (Lipinski definition) is 0. The molecule has 3 aromatic heterocycles. The average Bonchev–Trinajstić information content (AvgIpc) is 3.35. The Balaban J connectivity index is 0.000000183. The normalized spacial score (nSPS) is 12.4. The van der Waals surface area contributed by atoms with E-state index < -0.39 is 0 Å². The fraction of sp³-hybridized carbons (Fsp3) is 0.152. The second kappa shape index (κ2) is 11.2. The number of nitrogens with zero attached hydrogens (tertiary/aromatic N) is 2. The third kappa shape index (κ3) is 5.13. The van der Waals surface area contributed by atoms with Gasteiger partial charge in [-0.05, 0) is 53.1 Å². The van der Waals surface area contributed by atoms with Gasteiger partial charge >= 0.3 is 0 Å².